The molecule has 0 heterocycles. The van der Waals surface area contributed by atoms with Crippen LogP contribution in [-0.4, -0.2) is 17.7 Å². The van der Waals surface area contributed by atoms with Crippen molar-refractivity contribution in [3.63, 3.8) is 0 Å². The SMILES string of the molecule is Cc1ccc(CCN=C(N)NO)cc1.Cl. The number of guanidine groups is 1. The minimum absolute atomic E-state index is 0. The van der Waals surface area contributed by atoms with Crippen molar-refractivity contribution >= 4 is 18.4 Å². The zero-order valence-corrected chi connectivity index (χ0v) is 9.42. The fourth-order valence-corrected chi connectivity index (χ4v) is 1.10. The van der Waals surface area contributed by atoms with E-state index in [0.29, 0.717) is 6.54 Å². The van der Waals surface area contributed by atoms with Crippen LogP contribution in [-0.2, 0) is 6.42 Å². The number of hydroxylamine groups is 1. The van der Waals surface area contributed by atoms with Crippen molar-refractivity contribution in [2.24, 2.45) is 10.7 Å². The molecule has 0 radical (unpaired) electrons. The van der Waals surface area contributed by atoms with Crippen molar-refractivity contribution in [2.75, 3.05) is 6.54 Å². The van der Waals surface area contributed by atoms with Gasteiger partial charge in [0.1, 0.15) is 0 Å². The maximum atomic E-state index is 8.36. The number of halogens is 1. The molecular weight excluding hydrogens is 214 g/mol. The van der Waals surface area contributed by atoms with Crippen LogP contribution in [0.25, 0.3) is 0 Å². The maximum absolute atomic E-state index is 8.36. The molecular formula is C10H16ClN3O. The summed E-state index contributed by atoms with van der Waals surface area (Å²) in [5, 5.41) is 8.36. The molecule has 4 nitrogen and oxygen atoms in total. The number of nitrogens with one attached hydrogen (secondary N) is 1. The molecule has 0 saturated carbocycles. The van der Waals surface area contributed by atoms with Crippen LogP contribution in [0.2, 0.25) is 0 Å². The molecule has 0 spiro atoms. The highest BCUT2D eigenvalue weighted by molar-refractivity contribution is 5.85. The molecule has 0 aliphatic heterocycles. The Morgan fingerprint density at radius 3 is 2.53 bits per heavy atom. The zero-order chi connectivity index (χ0) is 10.4. The van der Waals surface area contributed by atoms with E-state index in [4.69, 9.17) is 10.9 Å². The molecule has 0 aliphatic carbocycles. The van der Waals surface area contributed by atoms with Crippen LogP contribution in [0.15, 0.2) is 29.3 Å². The quantitative estimate of drug-likeness (QED) is 0.415. The maximum Gasteiger partial charge on any atom is 0.212 e. The fourth-order valence-electron chi connectivity index (χ4n) is 1.10. The van der Waals surface area contributed by atoms with Gasteiger partial charge >= 0.3 is 0 Å². The number of nitrogens with two attached hydrogens (primary N) is 1. The van der Waals surface area contributed by atoms with Crippen LogP contribution in [0.5, 0.6) is 0 Å². The Kier molecular flexibility index (Phi) is 6.49. The van der Waals surface area contributed by atoms with E-state index in [1.165, 1.54) is 11.1 Å². The highest BCUT2D eigenvalue weighted by atomic mass is 35.5. The van der Waals surface area contributed by atoms with Gasteiger partial charge in [-0.15, -0.1) is 12.4 Å². The average Bonchev–Trinajstić information content (AvgIpc) is 2.21. The lowest BCUT2D eigenvalue weighted by molar-refractivity contribution is 0.232. The van der Waals surface area contributed by atoms with E-state index in [2.05, 4.69) is 36.2 Å². The molecule has 0 atom stereocenters. The molecule has 0 aliphatic rings. The lowest BCUT2D eigenvalue weighted by Crippen LogP contribution is -2.28. The lowest BCUT2D eigenvalue weighted by atomic mass is 10.1. The topological polar surface area (TPSA) is 70.6 Å². The summed E-state index contributed by atoms with van der Waals surface area (Å²) in [7, 11) is 0. The van der Waals surface area contributed by atoms with Crippen LogP contribution in [0.1, 0.15) is 11.1 Å². The molecule has 0 fully saturated rings. The smallest absolute Gasteiger partial charge is 0.212 e. The molecule has 5 heteroatoms. The van der Waals surface area contributed by atoms with Crippen LogP contribution < -0.4 is 11.2 Å². The van der Waals surface area contributed by atoms with Gasteiger partial charge in [0, 0.05) is 6.54 Å². The third-order valence-corrected chi connectivity index (χ3v) is 1.92. The summed E-state index contributed by atoms with van der Waals surface area (Å²) in [6.07, 6.45) is 0.822. The van der Waals surface area contributed by atoms with E-state index in [9.17, 15) is 0 Å². The van der Waals surface area contributed by atoms with Gasteiger partial charge in [0.05, 0.1) is 0 Å². The zero-order valence-electron chi connectivity index (χ0n) is 8.60. The van der Waals surface area contributed by atoms with Crippen molar-refractivity contribution in [3.05, 3.63) is 35.4 Å². The van der Waals surface area contributed by atoms with Crippen molar-refractivity contribution in [2.45, 2.75) is 13.3 Å². The van der Waals surface area contributed by atoms with Crippen molar-refractivity contribution in [1.29, 1.82) is 0 Å². The predicted molar refractivity (Wildman–Crippen MR) is 63.5 cm³/mol. The number of benzene rings is 1. The van der Waals surface area contributed by atoms with Gasteiger partial charge in [-0.2, -0.15) is 0 Å². The van der Waals surface area contributed by atoms with Crippen LogP contribution in [0.4, 0.5) is 0 Å². The first-order chi connectivity index (χ1) is 6.72. The van der Waals surface area contributed by atoms with Crippen LogP contribution in [0.3, 0.4) is 0 Å². The van der Waals surface area contributed by atoms with E-state index < -0.39 is 0 Å². The fraction of sp³-hybridized carbons (Fsp3) is 0.300. The standard InChI is InChI=1S/C10H15N3O.ClH/c1-8-2-4-9(5-3-8)6-7-12-10(11)13-14;/h2-5,14H,6-7H2,1H3,(H3,11,12,13);1H. The summed E-state index contributed by atoms with van der Waals surface area (Å²) in [6.45, 7) is 2.62. The van der Waals surface area contributed by atoms with Gasteiger partial charge in [-0.3, -0.25) is 10.2 Å². The largest absolute Gasteiger partial charge is 0.368 e. The number of rotatable bonds is 3. The monoisotopic (exact) mass is 229 g/mol. The molecule has 0 unspecified atom stereocenters. The third kappa shape index (κ3) is 5.24. The molecule has 0 bridgehead atoms. The minimum atomic E-state index is 0. The van der Waals surface area contributed by atoms with Gasteiger partial charge in [0.25, 0.3) is 0 Å². The van der Waals surface area contributed by atoms with Crippen LogP contribution in [0, 0.1) is 6.92 Å². The Bertz CT molecular complexity index is 311. The van der Waals surface area contributed by atoms with Gasteiger partial charge in [-0.1, -0.05) is 29.8 Å². The summed E-state index contributed by atoms with van der Waals surface area (Å²) >= 11 is 0. The highest BCUT2D eigenvalue weighted by Gasteiger charge is 1.92. The second kappa shape index (κ2) is 7.09. The number of aryl methyl sites for hydroxylation is 1. The van der Waals surface area contributed by atoms with Gasteiger partial charge < -0.3 is 5.73 Å². The van der Waals surface area contributed by atoms with Crippen molar-refractivity contribution in [3.8, 4) is 0 Å². The first-order valence-corrected chi connectivity index (χ1v) is 4.48. The summed E-state index contributed by atoms with van der Waals surface area (Å²) in [5.74, 6) is 0.0529. The Labute approximate surface area is 95.6 Å². The first-order valence-electron chi connectivity index (χ1n) is 4.48. The van der Waals surface area contributed by atoms with E-state index in [1.54, 1.807) is 5.48 Å². The molecule has 1 aromatic carbocycles. The molecule has 0 aromatic heterocycles. The Morgan fingerprint density at radius 1 is 1.40 bits per heavy atom. The van der Waals surface area contributed by atoms with Crippen molar-refractivity contribution in [1.82, 2.24) is 5.48 Å². The van der Waals surface area contributed by atoms with Gasteiger partial charge in [0.2, 0.25) is 5.96 Å². The molecule has 15 heavy (non-hydrogen) atoms. The summed E-state index contributed by atoms with van der Waals surface area (Å²) in [5.41, 5.74) is 9.50. The average molecular weight is 230 g/mol. The normalized spacial score (nSPS) is 10.7. The highest BCUT2D eigenvalue weighted by Crippen LogP contribution is 2.03. The van der Waals surface area contributed by atoms with Gasteiger partial charge in [-0.05, 0) is 18.9 Å². The van der Waals surface area contributed by atoms with E-state index in [-0.39, 0.29) is 18.4 Å². The third-order valence-electron chi connectivity index (χ3n) is 1.92. The van der Waals surface area contributed by atoms with Crippen LogP contribution >= 0.6 is 12.4 Å². The Balaban J connectivity index is 0.00000196. The summed E-state index contributed by atoms with van der Waals surface area (Å²) in [4.78, 5) is 3.89. The number of hydrogen-bond acceptors (Lipinski definition) is 2. The number of nitrogens with zero attached hydrogens (tertiary/aromatic N) is 1. The summed E-state index contributed by atoms with van der Waals surface area (Å²) < 4.78 is 0. The molecule has 4 N–H and O–H groups in total. The predicted octanol–water partition coefficient (Wildman–Crippen LogP) is 1.25. The number of aliphatic imine (C=N–C) groups is 1. The van der Waals surface area contributed by atoms with E-state index >= 15 is 0 Å². The van der Waals surface area contributed by atoms with Crippen molar-refractivity contribution < 1.29 is 5.21 Å². The minimum Gasteiger partial charge on any atom is -0.368 e. The molecule has 0 amide bonds. The molecule has 1 rings (SSSR count). The van der Waals surface area contributed by atoms with E-state index in [0.717, 1.165) is 6.42 Å². The Hall–Kier alpha value is -1.26. The lowest BCUT2D eigenvalue weighted by Gasteiger charge is -2.00. The first kappa shape index (κ1) is 13.7. The second-order valence-electron chi connectivity index (χ2n) is 3.11. The molecule has 84 valence electrons. The summed E-state index contributed by atoms with van der Waals surface area (Å²) in [6, 6.07) is 8.25. The second-order valence-corrected chi connectivity index (χ2v) is 3.11. The van der Waals surface area contributed by atoms with Gasteiger partial charge in [0.15, 0.2) is 0 Å². The molecule has 1 aromatic rings. The molecule has 0 saturated heterocycles. The Morgan fingerprint density at radius 2 is 2.00 bits per heavy atom. The van der Waals surface area contributed by atoms with Gasteiger partial charge in [-0.25, -0.2) is 5.48 Å². The van der Waals surface area contributed by atoms with E-state index in [1.807, 2.05) is 0 Å². The number of hydrogen-bond donors (Lipinski definition) is 3.